The fourth-order valence-corrected chi connectivity index (χ4v) is 5.65. The molecule has 3 N–H and O–H groups in total. The lowest BCUT2D eigenvalue weighted by Gasteiger charge is -2.22. The van der Waals surface area contributed by atoms with Crippen LogP contribution in [0.1, 0.15) is 32.1 Å². The number of benzene rings is 2. The van der Waals surface area contributed by atoms with Crippen LogP contribution in [0.25, 0.3) is 0 Å². The van der Waals surface area contributed by atoms with E-state index in [0.717, 1.165) is 18.9 Å². The van der Waals surface area contributed by atoms with Gasteiger partial charge in [-0.2, -0.15) is 12.7 Å². The first-order valence-corrected chi connectivity index (χ1v) is 12.2. The van der Waals surface area contributed by atoms with Crippen LogP contribution in [0.5, 0.6) is 0 Å². The maximum absolute atomic E-state index is 14.6. The van der Waals surface area contributed by atoms with Crippen molar-refractivity contribution in [2.75, 3.05) is 23.1 Å². The van der Waals surface area contributed by atoms with Gasteiger partial charge in [0, 0.05) is 25.2 Å². The van der Waals surface area contributed by atoms with E-state index >= 15 is 0 Å². The Bertz CT molecular complexity index is 1050. The van der Waals surface area contributed by atoms with E-state index in [9.17, 15) is 17.2 Å². The van der Waals surface area contributed by atoms with Crippen LogP contribution in [0, 0.1) is 11.6 Å². The minimum Gasteiger partial charge on any atom is -0.350 e. The zero-order valence-electron chi connectivity index (χ0n) is 16.9. The Morgan fingerprint density at radius 1 is 0.968 bits per heavy atom. The van der Waals surface area contributed by atoms with Gasteiger partial charge in [0.2, 0.25) is 0 Å². The number of nitrogens with zero attached hydrogens (tertiary/aromatic N) is 1. The zero-order chi connectivity index (χ0) is 22.0. The zero-order valence-corrected chi connectivity index (χ0v) is 18.4. The first kappa shape index (κ1) is 22.3. The van der Waals surface area contributed by atoms with Gasteiger partial charge in [0.1, 0.15) is 5.69 Å². The second-order valence-corrected chi connectivity index (χ2v) is 10.1. The Labute approximate surface area is 186 Å². The van der Waals surface area contributed by atoms with Crippen molar-refractivity contribution in [1.82, 2.24) is 9.62 Å². The number of hydrogen-bond acceptors (Lipinski definition) is 4. The van der Waals surface area contributed by atoms with E-state index in [-0.39, 0.29) is 17.4 Å². The highest BCUT2D eigenvalue weighted by molar-refractivity contribution is 7.90. The molecule has 4 rings (SSSR count). The van der Waals surface area contributed by atoms with Crippen LogP contribution in [0.2, 0.25) is 5.02 Å². The molecule has 1 atom stereocenters. The molecular weight excluding hydrogens is 446 g/mol. The van der Waals surface area contributed by atoms with Crippen molar-refractivity contribution in [1.29, 1.82) is 0 Å². The molecule has 0 radical (unpaired) electrons. The molecular formula is C21H25ClF2N4O2S. The van der Waals surface area contributed by atoms with Gasteiger partial charge in [0.05, 0.1) is 16.4 Å². The van der Waals surface area contributed by atoms with Crippen LogP contribution in [-0.2, 0) is 10.2 Å². The lowest BCUT2D eigenvalue weighted by molar-refractivity contribution is 0.422. The third kappa shape index (κ3) is 5.11. The average Bonchev–Trinajstić information content (AvgIpc) is 3.42. The van der Waals surface area contributed by atoms with E-state index in [2.05, 4.69) is 15.4 Å². The fourth-order valence-electron chi connectivity index (χ4n) is 4.17. The minimum atomic E-state index is -3.95. The largest absolute Gasteiger partial charge is 0.350 e. The molecule has 168 valence electrons. The molecule has 2 aromatic rings. The predicted molar refractivity (Wildman–Crippen MR) is 119 cm³/mol. The van der Waals surface area contributed by atoms with Gasteiger partial charge < -0.3 is 10.6 Å². The number of hydrogen-bond donors (Lipinski definition) is 3. The molecule has 6 nitrogen and oxygen atoms in total. The summed E-state index contributed by atoms with van der Waals surface area (Å²) >= 11 is 6.11. The number of nitrogens with one attached hydrogen (secondary N) is 3. The van der Waals surface area contributed by atoms with Gasteiger partial charge in [-0.1, -0.05) is 36.6 Å². The molecule has 0 spiro atoms. The van der Waals surface area contributed by atoms with E-state index in [1.54, 1.807) is 24.3 Å². The molecule has 2 aromatic carbocycles. The van der Waals surface area contributed by atoms with Crippen molar-refractivity contribution in [2.45, 2.75) is 44.2 Å². The Morgan fingerprint density at radius 3 is 2.45 bits per heavy atom. The van der Waals surface area contributed by atoms with Crippen molar-refractivity contribution in [3.05, 3.63) is 53.1 Å². The van der Waals surface area contributed by atoms with Crippen LogP contribution < -0.4 is 15.4 Å². The highest BCUT2D eigenvalue weighted by Gasteiger charge is 2.33. The quantitative estimate of drug-likeness (QED) is 0.552. The molecule has 1 aliphatic heterocycles. The van der Waals surface area contributed by atoms with Gasteiger partial charge in [0.15, 0.2) is 11.6 Å². The van der Waals surface area contributed by atoms with E-state index in [1.807, 2.05) is 0 Å². The first-order valence-electron chi connectivity index (χ1n) is 10.4. The second kappa shape index (κ2) is 9.28. The topological polar surface area (TPSA) is 73.5 Å². The van der Waals surface area contributed by atoms with Crippen molar-refractivity contribution in [3.63, 3.8) is 0 Å². The molecule has 0 bridgehead atoms. The number of para-hydroxylation sites is 1. The molecule has 1 heterocycles. The molecule has 1 aliphatic carbocycles. The molecule has 0 aromatic heterocycles. The van der Waals surface area contributed by atoms with Crippen LogP contribution in [0.15, 0.2) is 36.4 Å². The third-order valence-corrected chi connectivity index (χ3v) is 7.60. The van der Waals surface area contributed by atoms with Crippen LogP contribution >= 0.6 is 11.6 Å². The lowest BCUT2D eigenvalue weighted by atomic mass is 10.2. The molecule has 1 saturated heterocycles. The highest BCUT2D eigenvalue weighted by atomic mass is 35.5. The second-order valence-electron chi connectivity index (χ2n) is 7.99. The summed E-state index contributed by atoms with van der Waals surface area (Å²) in [6.45, 7) is 0.694. The van der Waals surface area contributed by atoms with Gasteiger partial charge in [-0.15, -0.1) is 0 Å². The number of halogens is 3. The molecule has 2 fully saturated rings. The number of anilines is 3. The summed E-state index contributed by atoms with van der Waals surface area (Å²) in [5.74, 6) is -2.29. The normalized spacial score (nSPS) is 20.3. The van der Waals surface area contributed by atoms with Gasteiger partial charge >= 0.3 is 10.2 Å². The van der Waals surface area contributed by atoms with Gasteiger partial charge in [-0.25, -0.2) is 8.78 Å². The number of rotatable bonds is 7. The third-order valence-electron chi connectivity index (χ3n) is 5.78. The monoisotopic (exact) mass is 470 g/mol. The Morgan fingerprint density at radius 2 is 1.71 bits per heavy atom. The van der Waals surface area contributed by atoms with Crippen molar-refractivity contribution >= 4 is 38.9 Å². The summed E-state index contributed by atoms with van der Waals surface area (Å²) in [6.07, 6.45) is 5.34. The Hall–Kier alpha value is -1.94. The van der Waals surface area contributed by atoms with Crippen molar-refractivity contribution in [3.8, 4) is 0 Å². The summed E-state index contributed by atoms with van der Waals surface area (Å²) in [4.78, 5) is 0. The van der Waals surface area contributed by atoms with E-state index < -0.39 is 21.8 Å². The van der Waals surface area contributed by atoms with Crippen molar-refractivity contribution in [2.24, 2.45) is 0 Å². The summed E-state index contributed by atoms with van der Waals surface area (Å²) in [6, 6.07) is 9.17. The van der Waals surface area contributed by atoms with Crippen LogP contribution in [0.3, 0.4) is 0 Å². The maximum Gasteiger partial charge on any atom is 0.301 e. The summed E-state index contributed by atoms with van der Waals surface area (Å²) in [7, 11) is -3.95. The summed E-state index contributed by atoms with van der Waals surface area (Å²) < 4.78 is 58.2. The fraction of sp³-hybridized carbons (Fsp3) is 0.429. The summed E-state index contributed by atoms with van der Waals surface area (Å²) in [5.41, 5.74) is -0.0846. The van der Waals surface area contributed by atoms with Gasteiger partial charge in [0.25, 0.3) is 0 Å². The van der Waals surface area contributed by atoms with Crippen molar-refractivity contribution < 1.29 is 17.2 Å². The smallest absolute Gasteiger partial charge is 0.301 e. The maximum atomic E-state index is 14.6. The summed E-state index contributed by atoms with van der Waals surface area (Å²) in [5, 5.41) is 6.55. The van der Waals surface area contributed by atoms with E-state index in [0.29, 0.717) is 36.3 Å². The van der Waals surface area contributed by atoms with E-state index in [1.165, 1.54) is 23.2 Å². The standard InChI is InChI=1S/C21H25ClF2N4O2S/c22-16-7-3-4-8-18(16)26-21-19(10-9-17(23)20(21)24)27-31(29,30)28-12-11-15(13-28)25-14-5-1-2-6-14/h3-4,7-10,14-15,25-27H,1-2,5-6,11-13H2. The minimum absolute atomic E-state index is 0.0883. The van der Waals surface area contributed by atoms with Gasteiger partial charge in [-0.05, 0) is 43.5 Å². The first-order chi connectivity index (χ1) is 14.8. The lowest BCUT2D eigenvalue weighted by Crippen LogP contribution is -2.41. The Kier molecular flexibility index (Phi) is 6.66. The predicted octanol–water partition coefficient (Wildman–Crippen LogP) is 4.63. The SMILES string of the molecule is O=S(=O)(Nc1ccc(F)c(F)c1Nc1ccccc1Cl)N1CCC(NC2CCCC2)C1. The molecule has 1 saturated carbocycles. The highest BCUT2D eigenvalue weighted by Crippen LogP contribution is 2.34. The molecule has 10 heteroatoms. The van der Waals surface area contributed by atoms with E-state index in [4.69, 9.17) is 11.6 Å². The average molecular weight is 471 g/mol. The van der Waals surface area contributed by atoms with Crippen LogP contribution in [0.4, 0.5) is 25.8 Å². The van der Waals surface area contributed by atoms with Crippen LogP contribution in [-0.4, -0.2) is 37.9 Å². The molecule has 1 unspecified atom stereocenters. The molecule has 2 aliphatic rings. The molecule has 31 heavy (non-hydrogen) atoms. The van der Waals surface area contributed by atoms with Gasteiger partial charge in [-0.3, -0.25) is 4.72 Å². The Balaban J connectivity index is 1.51. The molecule has 0 amide bonds.